The largest absolute Gasteiger partial charge is 0.354 e. The predicted octanol–water partition coefficient (Wildman–Crippen LogP) is 0.138. The van der Waals surface area contributed by atoms with Crippen LogP contribution in [0.15, 0.2) is 4.99 Å². The number of guanidine groups is 1. The summed E-state index contributed by atoms with van der Waals surface area (Å²) in [7, 11) is -1.55. The first-order valence-electron chi connectivity index (χ1n) is 10.0. The highest BCUT2D eigenvalue weighted by Crippen LogP contribution is 2.10. The van der Waals surface area contributed by atoms with Gasteiger partial charge in [0.15, 0.2) is 5.96 Å². The van der Waals surface area contributed by atoms with Crippen LogP contribution >= 0.6 is 24.0 Å². The third-order valence-electron chi connectivity index (χ3n) is 5.10. The predicted molar refractivity (Wildman–Crippen MR) is 127 cm³/mol. The van der Waals surface area contributed by atoms with Gasteiger partial charge in [0.25, 0.3) is 0 Å². The minimum atomic E-state index is -3.28. The van der Waals surface area contributed by atoms with Crippen molar-refractivity contribution in [2.24, 2.45) is 4.99 Å². The van der Waals surface area contributed by atoms with Crippen LogP contribution < -0.4 is 10.0 Å². The van der Waals surface area contributed by atoms with E-state index in [1.54, 1.807) is 7.05 Å². The highest BCUT2D eigenvalue weighted by Gasteiger charge is 2.26. The number of hydrogen-bond acceptors (Lipinski definition) is 5. The number of piperidine rings is 1. The molecule has 0 atom stereocenters. The SMILES string of the molecule is CN=C(NCC(C)(C)NS(C)(=O)=O)N1CCN(CC(=O)N2CCCCC2)CC1.I. The zero-order chi connectivity index (χ0) is 20.8. The Morgan fingerprint density at radius 1 is 1.00 bits per heavy atom. The van der Waals surface area contributed by atoms with Gasteiger partial charge in [-0.3, -0.25) is 14.7 Å². The lowest BCUT2D eigenvalue weighted by Crippen LogP contribution is -2.57. The van der Waals surface area contributed by atoms with Crippen molar-refractivity contribution in [3.05, 3.63) is 0 Å². The van der Waals surface area contributed by atoms with E-state index in [0.717, 1.165) is 64.3 Å². The van der Waals surface area contributed by atoms with Crippen molar-refractivity contribution in [1.29, 1.82) is 0 Å². The van der Waals surface area contributed by atoms with Crippen molar-refractivity contribution in [3.8, 4) is 0 Å². The van der Waals surface area contributed by atoms with Gasteiger partial charge in [-0.1, -0.05) is 0 Å². The fourth-order valence-corrected chi connectivity index (χ4v) is 4.80. The molecule has 2 N–H and O–H groups in total. The van der Waals surface area contributed by atoms with Crippen LogP contribution in [-0.4, -0.2) is 106 Å². The fourth-order valence-electron chi connectivity index (χ4n) is 3.72. The molecular weight excluding hydrogens is 507 g/mol. The number of likely N-dealkylation sites (tertiary alicyclic amines) is 1. The number of nitrogens with one attached hydrogen (secondary N) is 2. The zero-order valence-electron chi connectivity index (χ0n) is 18.1. The maximum atomic E-state index is 12.4. The smallest absolute Gasteiger partial charge is 0.236 e. The van der Waals surface area contributed by atoms with Gasteiger partial charge in [0, 0.05) is 58.4 Å². The standard InChI is InChI=1S/C18H36N6O3S.HI/c1-18(2,21-28(4,26)27)15-20-17(19-3)24-12-10-22(11-13-24)14-16(25)23-8-6-5-7-9-23;/h21H,5-15H2,1-4H3,(H,19,20);1H. The summed E-state index contributed by atoms with van der Waals surface area (Å²) in [5, 5.41) is 3.26. The molecule has 0 aromatic rings. The maximum absolute atomic E-state index is 12.4. The summed E-state index contributed by atoms with van der Waals surface area (Å²) in [6, 6.07) is 0. The van der Waals surface area contributed by atoms with Crippen LogP contribution in [0.1, 0.15) is 33.1 Å². The van der Waals surface area contributed by atoms with Gasteiger partial charge >= 0.3 is 0 Å². The first kappa shape index (κ1) is 26.4. The summed E-state index contributed by atoms with van der Waals surface area (Å²) in [6.07, 6.45) is 4.62. The number of carbonyl (C=O) groups excluding carboxylic acids is 1. The van der Waals surface area contributed by atoms with Crippen molar-refractivity contribution in [2.75, 3.05) is 65.7 Å². The lowest BCUT2D eigenvalue weighted by atomic mass is 10.1. The number of rotatable bonds is 6. The van der Waals surface area contributed by atoms with Gasteiger partial charge < -0.3 is 15.1 Å². The second-order valence-electron chi connectivity index (χ2n) is 8.36. The highest BCUT2D eigenvalue weighted by molar-refractivity contribution is 14.0. The molecular formula is C18H37IN6O3S. The third-order valence-corrected chi connectivity index (χ3v) is 6.02. The van der Waals surface area contributed by atoms with Crippen molar-refractivity contribution in [3.63, 3.8) is 0 Å². The van der Waals surface area contributed by atoms with E-state index in [4.69, 9.17) is 0 Å². The maximum Gasteiger partial charge on any atom is 0.236 e. The minimum absolute atomic E-state index is 0. The van der Waals surface area contributed by atoms with E-state index in [2.05, 4.69) is 24.8 Å². The molecule has 2 aliphatic rings. The number of halogens is 1. The molecule has 2 aliphatic heterocycles. The molecule has 0 bridgehead atoms. The molecule has 29 heavy (non-hydrogen) atoms. The lowest BCUT2D eigenvalue weighted by Gasteiger charge is -2.38. The van der Waals surface area contributed by atoms with Crippen molar-refractivity contribution >= 4 is 45.9 Å². The van der Waals surface area contributed by atoms with Gasteiger partial charge in [-0.2, -0.15) is 0 Å². The van der Waals surface area contributed by atoms with Gasteiger partial charge in [0.2, 0.25) is 15.9 Å². The summed E-state index contributed by atoms with van der Waals surface area (Å²) in [5.74, 6) is 0.995. The van der Waals surface area contributed by atoms with E-state index >= 15 is 0 Å². The summed E-state index contributed by atoms with van der Waals surface area (Å²) in [6.45, 7) is 9.57. The second-order valence-corrected chi connectivity index (χ2v) is 10.1. The van der Waals surface area contributed by atoms with E-state index in [1.165, 1.54) is 6.42 Å². The first-order valence-corrected chi connectivity index (χ1v) is 11.9. The Hall–Kier alpha value is -0.660. The van der Waals surface area contributed by atoms with E-state index in [9.17, 15) is 13.2 Å². The lowest BCUT2D eigenvalue weighted by molar-refractivity contribution is -0.133. The van der Waals surface area contributed by atoms with Gasteiger partial charge in [0.1, 0.15) is 0 Å². The van der Waals surface area contributed by atoms with Crippen LogP contribution in [0.5, 0.6) is 0 Å². The molecule has 1 amide bonds. The van der Waals surface area contributed by atoms with Crippen LogP contribution in [0.2, 0.25) is 0 Å². The molecule has 11 heteroatoms. The average molecular weight is 545 g/mol. The Labute approximate surface area is 192 Å². The number of hydrogen-bond donors (Lipinski definition) is 2. The number of aliphatic imine (C=N–C) groups is 1. The monoisotopic (exact) mass is 544 g/mol. The summed E-state index contributed by atoms with van der Waals surface area (Å²) in [4.78, 5) is 23.1. The van der Waals surface area contributed by atoms with Crippen LogP contribution in [0.25, 0.3) is 0 Å². The average Bonchev–Trinajstić information content (AvgIpc) is 2.62. The number of sulfonamides is 1. The molecule has 0 aliphatic carbocycles. The molecule has 0 aromatic carbocycles. The minimum Gasteiger partial charge on any atom is -0.354 e. The molecule has 170 valence electrons. The second kappa shape index (κ2) is 11.7. The van der Waals surface area contributed by atoms with Gasteiger partial charge in [-0.15, -0.1) is 24.0 Å². The normalized spacial score (nSPS) is 19.7. The van der Waals surface area contributed by atoms with Crippen LogP contribution in [-0.2, 0) is 14.8 Å². The summed E-state index contributed by atoms with van der Waals surface area (Å²) in [5.41, 5.74) is -0.619. The Bertz CT molecular complexity index is 657. The quantitative estimate of drug-likeness (QED) is 0.281. The van der Waals surface area contributed by atoms with Gasteiger partial charge in [-0.05, 0) is 33.1 Å². The molecule has 0 saturated carbocycles. The number of carbonyl (C=O) groups is 1. The van der Waals surface area contributed by atoms with Gasteiger partial charge in [0.05, 0.1) is 12.8 Å². The van der Waals surface area contributed by atoms with Crippen LogP contribution in [0, 0.1) is 0 Å². The van der Waals surface area contributed by atoms with Gasteiger partial charge in [-0.25, -0.2) is 13.1 Å². The van der Waals surface area contributed by atoms with E-state index in [-0.39, 0.29) is 29.9 Å². The van der Waals surface area contributed by atoms with E-state index < -0.39 is 15.6 Å². The molecule has 2 heterocycles. The van der Waals surface area contributed by atoms with Crippen LogP contribution in [0.3, 0.4) is 0 Å². The fraction of sp³-hybridized carbons (Fsp3) is 0.889. The highest BCUT2D eigenvalue weighted by atomic mass is 127. The van der Waals surface area contributed by atoms with Crippen molar-refractivity contribution in [2.45, 2.75) is 38.6 Å². The Balaban J connectivity index is 0.00000420. The summed E-state index contributed by atoms with van der Waals surface area (Å²) < 4.78 is 25.6. The number of amides is 1. The van der Waals surface area contributed by atoms with Crippen molar-refractivity contribution in [1.82, 2.24) is 24.7 Å². The van der Waals surface area contributed by atoms with E-state index in [0.29, 0.717) is 13.1 Å². The topological polar surface area (TPSA) is 97.3 Å². The van der Waals surface area contributed by atoms with E-state index in [1.807, 2.05) is 18.7 Å². The van der Waals surface area contributed by atoms with Crippen LogP contribution in [0.4, 0.5) is 0 Å². The van der Waals surface area contributed by atoms with Crippen molar-refractivity contribution < 1.29 is 13.2 Å². The molecule has 2 fully saturated rings. The number of nitrogens with zero attached hydrogens (tertiary/aromatic N) is 4. The third kappa shape index (κ3) is 9.35. The Kier molecular flexibility index (Phi) is 10.6. The molecule has 0 unspecified atom stereocenters. The first-order chi connectivity index (χ1) is 13.1. The zero-order valence-corrected chi connectivity index (χ0v) is 21.3. The molecule has 2 saturated heterocycles. The summed E-state index contributed by atoms with van der Waals surface area (Å²) >= 11 is 0. The Morgan fingerprint density at radius 2 is 1.59 bits per heavy atom. The molecule has 0 aromatic heterocycles. The molecule has 9 nitrogen and oxygen atoms in total. The molecule has 0 radical (unpaired) electrons. The molecule has 0 spiro atoms. The number of piperazine rings is 1. The molecule has 2 rings (SSSR count). The Morgan fingerprint density at radius 3 is 2.10 bits per heavy atom.